The second-order valence-electron chi connectivity index (χ2n) is 5.08. The minimum Gasteiger partial charge on any atom is -0.382 e. The molecule has 1 aliphatic rings. The van der Waals surface area contributed by atoms with Crippen LogP contribution >= 0.6 is 0 Å². The molecule has 0 aromatic heterocycles. The van der Waals surface area contributed by atoms with Crippen LogP contribution in [-0.4, -0.2) is 69.5 Å². The number of likely N-dealkylation sites (tertiary alicyclic amines) is 1. The highest BCUT2D eigenvalue weighted by atomic mass is 19.4. The highest BCUT2D eigenvalue weighted by Gasteiger charge is 2.38. The van der Waals surface area contributed by atoms with Crippen LogP contribution in [0.25, 0.3) is 0 Å². The maximum Gasteiger partial charge on any atom is 0.471 e. The summed E-state index contributed by atoms with van der Waals surface area (Å²) in [7, 11) is 1.54. The van der Waals surface area contributed by atoms with Crippen LogP contribution in [0.4, 0.5) is 13.2 Å². The molecule has 128 valence electrons. The Morgan fingerprint density at radius 3 is 2.41 bits per heavy atom. The van der Waals surface area contributed by atoms with Gasteiger partial charge in [-0.2, -0.15) is 13.2 Å². The number of rotatable bonds is 7. The second kappa shape index (κ2) is 8.94. The fraction of sp³-hybridized carbons (Fsp3) is 0.846. The average molecular weight is 326 g/mol. The number of carbonyl (C=O) groups excluding carboxylic acids is 2. The molecule has 0 saturated carbocycles. The van der Waals surface area contributed by atoms with E-state index in [1.54, 1.807) is 4.90 Å². The maximum atomic E-state index is 12.1. The van der Waals surface area contributed by atoms with Gasteiger partial charge < -0.3 is 19.7 Å². The van der Waals surface area contributed by atoms with Crippen LogP contribution in [-0.2, 0) is 19.1 Å². The maximum absolute atomic E-state index is 12.1. The van der Waals surface area contributed by atoms with Gasteiger partial charge in [0.1, 0.15) is 6.61 Å². The third-order valence-corrected chi connectivity index (χ3v) is 3.43. The number of amides is 2. The Morgan fingerprint density at radius 2 is 1.86 bits per heavy atom. The predicted molar refractivity (Wildman–Crippen MR) is 71.1 cm³/mol. The topological polar surface area (TPSA) is 67.9 Å². The van der Waals surface area contributed by atoms with E-state index in [0.717, 1.165) is 0 Å². The van der Waals surface area contributed by atoms with Gasteiger partial charge in [0.05, 0.1) is 13.2 Å². The van der Waals surface area contributed by atoms with E-state index >= 15 is 0 Å². The van der Waals surface area contributed by atoms with Crippen molar-refractivity contribution in [3.05, 3.63) is 0 Å². The zero-order chi connectivity index (χ0) is 16.6. The Labute approximate surface area is 126 Å². The molecule has 1 saturated heterocycles. The molecule has 1 rings (SSSR count). The largest absolute Gasteiger partial charge is 0.471 e. The Balaban J connectivity index is 2.20. The summed E-state index contributed by atoms with van der Waals surface area (Å²) in [5.74, 6) is -2.11. The lowest BCUT2D eigenvalue weighted by atomic mass is 9.97. The van der Waals surface area contributed by atoms with Crippen molar-refractivity contribution in [1.29, 1.82) is 0 Å². The molecule has 0 unspecified atom stereocenters. The number of hydrogen-bond acceptors (Lipinski definition) is 4. The molecule has 0 radical (unpaired) electrons. The highest BCUT2D eigenvalue weighted by Crippen LogP contribution is 2.18. The van der Waals surface area contributed by atoms with E-state index in [2.05, 4.69) is 0 Å². The molecular formula is C13H21F3N2O4. The molecule has 1 aliphatic heterocycles. The van der Waals surface area contributed by atoms with Gasteiger partial charge in [-0.05, 0) is 18.8 Å². The first-order valence-corrected chi connectivity index (χ1v) is 7.04. The minimum atomic E-state index is -4.85. The molecule has 9 heteroatoms. The van der Waals surface area contributed by atoms with Crippen molar-refractivity contribution in [1.82, 2.24) is 10.2 Å². The Morgan fingerprint density at radius 1 is 1.23 bits per heavy atom. The van der Waals surface area contributed by atoms with Crippen molar-refractivity contribution in [3.8, 4) is 0 Å². The molecule has 0 aromatic carbocycles. The molecule has 22 heavy (non-hydrogen) atoms. The molecular weight excluding hydrogens is 305 g/mol. The van der Waals surface area contributed by atoms with Crippen LogP contribution in [0.5, 0.6) is 0 Å². The number of alkyl halides is 3. The van der Waals surface area contributed by atoms with Crippen LogP contribution in [0.1, 0.15) is 12.8 Å². The fourth-order valence-corrected chi connectivity index (χ4v) is 2.12. The zero-order valence-corrected chi connectivity index (χ0v) is 12.4. The molecule has 1 N–H and O–H groups in total. The van der Waals surface area contributed by atoms with E-state index in [1.165, 1.54) is 7.11 Å². The molecule has 0 atom stereocenters. The van der Waals surface area contributed by atoms with Crippen molar-refractivity contribution < 1.29 is 32.2 Å². The van der Waals surface area contributed by atoms with Gasteiger partial charge in [-0.15, -0.1) is 0 Å². The van der Waals surface area contributed by atoms with E-state index < -0.39 is 12.1 Å². The molecule has 1 fully saturated rings. The first kappa shape index (κ1) is 18.7. The summed E-state index contributed by atoms with van der Waals surface area (Å²) in [4.78, 5) is 24.2. The summed E-state index contributed by atoms with van der Waals surface area (Å²) in [5, 5.41) is 1.88. The summed E-state index contributed by atoms with van der Waals surface area (Å²) in [6.07, 6.45) is -3.74. The van der Waals surface area contributed by atoms with Crippen molar-refractivity contribution in [2.45, 2.75) is 19.0 Å². The molecule has 6 nitrogen and oxygen atoms in total. The number of carbonyl (C=O) groups is 2. The summed E-state index contributed by atoms with van der Waals surface area (Å²) in [6, 6.07) is 0. The third kappa shape index (κ3) is 6.61. The van der Waals surface area contributed by atoms with Crippen molar-refractivity contribution in [3.63, 3.8) is 0 Å². The van der Waals surface area contributed by atoms with Crippen molar-refractivity contribution in [2.24, 2.45) is 5.92 Å². The van der Waals surface area contributed by atoms with Crippen molar-refractivity contribution in [2.75, 3.05) is 46.6 Å². The zero-order valence-electron chi connectivity index (χ0n) is 12.4. The van der Waals surface area contributed by atoms with Gasteiger partial charge in [-0.1, -0.05) is 0 Å². The number of piperidine rings is 1. The highest BCUT2D eigenvalue weighted by molar-refractivity contribution is 5.81. The van der Waals surface area contributed by atoms with E-state index in [1.807, 2.05) is 5.32 Å². The fourth-order valence-electron chi connectivity index (χ4n) is 2.12. The first-order valence-electron chi connectivity index (χ1n) is 7.04. The van der Waals surface area contributed by atoms with Gasteiger partial charge in [0, 0.05) is 26.7 Å². The van der Waals surface area contributed by atoms with Crippen LogP contribution in [0, 0.1) is 5.92 Å². The molecule has 1 heterocycles. The van der Waals surface area contributed by atoms with Gasteiger partial charge in [0.15, 0.2) is 0 Å². The Hall–Kier alpha value is -1.35. The summed E-state index contributed by atoms with van der Waals surface area (Å²) in [6.45, 7) is 1.61. The molecule has 0 aromatic rings. The standard InChI is InChI=1S/C13H21F3N2O4/c1-21-6-7-22-9-11(19)18-4-2-10(3-5-18)8-17-12(20)13(14,15)16/h10H,2-9H2,1H3,(H,17,20). The number of ether oxygens (including phenoxy) is 2. The lowest BCUT2D eigenvalue weighted by Crippen LogP contribution is -2.44. The van der Waals surface area contributed by atoms with Crippen LogP contribution in [0.2, 0.25) is 0 Å². The number of hydrogen-bond donors (Lipinski definition) is 1. The quantitative estimate of drug-likeness (QED) is 0.695. The number of methoxy groups -OCH3 is 1. The molecule has 0 aliphatic carbocycles. The normalized spacial score (nSPS) is 16.6. The minimum absolute atomic E-state index is 0.0231. The van der Waals surface area contributed by atoms with Gasteiger partial charge in [0.25, 0.3) is 0 Å². The smallest absolute Gasteiger partial charge is 0.382 e. The predicted octanol–water partition coefficient (Wildman–Crippen LogP) is 0.566. The van der Waals surface area contributed by atoms with Crippen LogP contribution in [0.3, 0.4) is 0 Å². The van der Waals surface area contributed by atoms with E-state index in [-0.39, 0.29) is 25.0 Å². The lowest BCUT2D eigenvalue weighted by Gasteiger charge is -2.32. The lowest BCUT2D eigenvalue weighted by molar-refractivity contribution is -0.173. The van der Waals surface area contributed by atoms with Gasteiger partial charge in [0.2, 0.25) is 5.91 Å². The third-order valence-electron chi connectivity index (χ3n) is 3.43. The summed E-state index contributed by atoms with van der Waals surface area (Å²) < 4.78 is 46.1. The number of nitrogens with one attached hydrogen (secondary N) is 1. The first-order chi connectivity index (χ1) is 10.3. The SMILES string of the molecule is COCCOCC(=O)N1CCC(CNC(=O)C(F)(F)F)CC1. The molecule has 0 spiro atoms. The van der Waals surface area contributed by atoms with Crippen LogP contribution in [0.15, 0.2) is 0 Å². The number of halogens is 3. The van der Waals surface area contributed by atoms with Gasteiger partial charge >= 0.3 is 12.1 Å². The van der Waals surface area contributed by atoms with E-state index in [0.29, 0.717) is 39.1 Å². The average Bonchev–Trinajstić information content (AvgIpc) is 2.48. The van der Waals surface area contributed by atoms with E-state index in [9.17, 15) is 22.8 Å². The molecule has 0 bridgehead atoms. The monoisotopic (exact) mass is 326 g/mol. The van der Waals surface area contributed by atoms with Gasteiger partial charge in [-0.25, -0.2) is 0 Å². The molecule has 2 amide bonds. The number of nitrogens with zero attached hydrogens (tertiary/aromatic N) is 1. The van der Waals surface area contributed by atoms with Crippen LogP contribution < -0.4 is 5.32 Å². The Bertz CT molecular complexity index is 369. The Kier molecular flexibility index (Phi) is 7.60. The van der Waals surface area contributed by atoms with Gasteiger partial charge in [-0.3, -0.25) is 9.59 Å². The second-order valence-corrected chi connectivity index (χ2v) is 5.08. The summed E-state index contributed by atoms with van der Waals surface area (Å²) >= 11 is 0. The summed E-state index contributed by atoms with van der Waals surface area (Å²) in [5.41, 5.74) is 0. The van der Waals surface area contributed by atoms with Crippen molar-refractivity contribution >= 4 is 11.8 Å². The van der Waals surface area contributed by atoms with E-state index in [4.69, 9.17) is 9.47 Å².